The van der Waals surface area contributed by atoms with E-state index in [1.54, 1.807) is 24.3 Å². The van der Waals surface area contributed by atoms with Gasteiger partial charge in [0.1, 0.15) is 10.8 Å². The summed E-state index contributed by atoms with van der Waals surface area (Å²) in [5, 5.41) is 3.57. The van der Waals surface area contributed by atoms with Gasteiger partial charge in [-0.05, 0) is 43.5 Å². The molecule has 160 valence electrons. The zero-order valence-electron chi connectivity index (χ0n) is 17.5. The molecule has 1 aliphatic rings. The van der Waals surface area contributed by atoms with Gasteiger partial charge in [-0.2, -0.15) is 0 Å². The van der Waals surface area contributed by atoms with E-state index in [1.165, 1.54) is 24.5 Å². The molecule has 1 fully saturated rings. The van der Waals surface area contributed by atoms with Gasteiger partial charge in [0.15, 0.2) is 0 Å². The highest BCUT2D eigenvalue weighted by Crippen LogP contribution is 2.27. The molecule has 2 heterocycles. The predicted octanol–water partition coefficient (Wildman–Crippen LogP) is 3.34. The second-order valence-electron chi connectivity index (χ2n) is 7.35. The lowest BCUT2D eigenvalue weighted by molar-refractivity contribution is -0.111. The largest absolute Gasteiger partial charge is 0.495 e. The van der Waals surface area contributed by atoms with Crippen LogP contribution in [0.2, 0.25) is 0 Å². The number of carbonyl (C=O) groups excluding carboxylic acids is 2. The number of methoxy groups -OCH3 is 1. The van der Waals surface area contributed by atoms with Gasteiger partial charge in [0.25, 0.3) is 5.91 Å². The van der Waals surface area contributed by atoms with Crippen molar-refractivity contribution in [3.63, 3.8) is 0 Å². The Hall–Kier alpha value is -3.23. The molecular formula is C23H24N4O3S. The Morgan fingerprint density at radius 2 is 1.90 bits per heavy atom. The predicted molar refractivity (Wildman–Crippen MR) is 124 cm³/mol. The number of thiazole rings is 1. The van der Waals surface area contributed by atoms with Crippen molar-refractivity contribution in [2.24, 2.45) is 0 Å². The molecule has 0 aliphatic carbocycles. The fourth-order valence-electron chi connectivity index (χ4n) is 3.41. The summed E-state index contributed by atoms with van der Waals surface area (Å²) in [4.78, 5) is 33.9. The Morgan fingerprint density at radius 3 is 2.65 bits per heavy atom. The minimum atomic E-state index is -0.318. The van der Waals surface area contributed by atoms with Gasteiger partial charge in [-0.1, -0.05) is 12.1 Å². The van der Waals surface area contributed by atoms with Crippen LogP contribution in [-0.2, 0) is 4.79 Å². The number of ether oxygens (including phenoxy) is 1. The van der Waals surface area contributed by atoms with Gasteiger partial charge >= 0.3 is 0 Å². The molecule has 0 saturated carbocycles. The van der Waals surface area contributed by atoms with Crippen molar-refractivity contribution in [1.82, 2.24) is 14.8 Å². The summed E-state index contributed by atoms with van der Waals surface area (Å²) >= 11 is 1.52. The lowest BCUT2D eigenvalue weighted by Crippen LogP contribution is -2.47. The first-order valence-corrected chi connectivity index (χ1v) is 10.9. The van der Waals surface area contributed by atoms with Crippen LogP contribution in [0.4, 0.5) is 5.69 Å². The molecule has 8 heteroatoms. The third-order valence-electron chi connectivity index (χ3n) is 5.18. The summed E-state index contributed by atoms with van der Waals surface area (Å²) in [5.41, 5.74) is 1.89. The van der Waals surface area contributed by atoms with Crippen LogP contribution in [0.1, 0.15) is 15.4 Å². The minimum absolute atomic E-state index is 0.0451. The van der Waals surface area contributed by atoms with Crippen molar-refractivity contribution >= 4 is 45.1 Å². The number of aromatic nitrogens is 1. The number of nitrogens with zero attached hydrogens (tertiary/aromatic N) is 3. The molecular weight excluding hydrogens is 412 g/mol. The van der Waals surface area contributed by atoms with E-state index in [4.69, 9.17) is 4.74 Å². The Kier molecular flexibility index (Phi) is 6.29. The Bertz CT molecular complexity index is 1100. The van der Waals surface area contributed by atoms with Crippen LogP contribution >= 0.6 is 11.3 Å². The van der Waals surface area contributed by atoms with Crippen molar-refractivity contribution in [2.45, 2.75) is 0 Å². The maximum Gasteiger partial charge on any atom is 0.254 e. The highest BCUT2D eigenvalue weighted by atomic mass is 32.1. The number of anilines is 1. The van der Waals surface area contributed by atoms with Crippen LogP contribution < -0.4 is 10.1 Å². The average Bonchev–Trinajstić information content (AvgIpc) is 3.21. The van der Waals surface area contributed by atoms with Gasteiger partial charge in [-0.25, -0.2) is 4.98 Å². The molecule has 1 aromatic heterocycles. The lowest BCUT2D eigenvalue weighted by atomic mass is 10.1. The molecule has 1 N–H and O–H groups in total. The summed E-state index contributed by atoms with van der Waals surface area (Å²) in [6.07, 6.45) is 3.12. The molecule has 0 unspecified atom stereocenters. The number of carbonyl (C=O) groups is 2. The molecule has 3 aromatic rings. The Morgan fingerprint density at radius 1 is 1.13 bits per heavy atom. The van der Waals surface area contributed by atoms with Gasteiger partial charge < -0.3 is 19.9 Å². The van der Waals surface area contributed by atoms with Gasteiger partial charge in [0.05, 0.1) is 23.0 Å². The van der Waals surface area contributed by atoms with Crippen molar-refractivity contribution in [2.75, 3.05) is 45.7 Å². The van der Waals surface area contributed by atoms with E-state index in [0.29, 0.717) is 30.1 Å². The maximum absolute atomic E-state index is 12.9. The quantitative estimate of drug-likeness (QED) is 0.621. The normalized spacial score (nSPS) is 14.8. The zero-order valence-corrected chi connectivity index (χ0v) is 18.3. The van der Waals surface area contributed by atoms with E-state index in [1.807, 2.05) is 36.2 Å². The van der Waals surface area contributed by atoms with Crippen LogP contribution in [0.15, 0.2) is 48.5 Å². The third-order valence-corrected chi connectivity index (χ3v) is 6.18. The van der Waals surface area contributed by atoms with Gasteiger partial charge in [0, 0.05) is 37.8 Å². The first-order valence-electron chi connectivity index (χ1n) is 10.0. The Balaban J connectivity index is 1.48. The van der Waals surface area contributed by atoms with Crippen LogP contribution in [-0.4, -0.2) is 66.9 Å². The van der Waals surface area contributed by atoms with E-state index in [-0.39, 0.29) is 11.8 Å². The van der Waals surface area contributed by atoms with Crippen LogP contribution in [0.3, 0.4) is 0 Å². The first-order chi connectivity index (χ1) is 15.0. The molecule has 2 amide bonds. The standard InChI is InChI=1S/C23H24N4O3S/c1-26-11-13-27(14-12-26)23(29)16-7-8-19(30-2)18(15-16)24-21(28)9-10-22-25-17-5-3-4-6-20(17)31-22/h3-10,15H,11-14H2,1-2H3,(H,24,28)/b10-9+. The van der Waals surface area contributed by atoms with E-state index in [2.05, 4.69) is 15.2 Å². The summed E-state index contributed by atoms with van der Waals surface area (Å²) in [5.74, 6) is 0.134. The molecule has 1 aliphatic heterocycles. The third kappa shape index (κ3) is 4.92. The molecule has 4 rings (SSSR count). The molecule has 7 nitrogen and oxygen atoms in total. The highest BCUT2D eigenvalue weighted by Gasteiger charge is 2.21. The van der Waals surface area contributed by atoms with Gasteiger partial charge in [-0.15, -0.1) is 11.3 Å². The summed E-state index contributed by atoms with van der Waals surface area (Å²) in [6.45, 7) is 3.08. The fraction of sp³-hybridized carbons (Fsp3) is 0.261. The lowest BCUT2D eigenvalue weighted by Gasteiger charge is -2.32. The Labute approximate surface area is 184 Å². The minimum Gasteiger partial charge on any atom is -0.495 e. The number of benzene rings is 2. The number of hydrogen-bond acceptors (Lipinski definition) is 6. The second kappa shape index (κ2) is 9.28. The number of hydrogen-bond donors (Lipinski definition) is 1. The zero-order chi connectivity index (χ0) is 21.8. The number of para-hydroxylation sites is 1. The van der Waals surface area contributed by atoms with Gasteiger partial charge in [0.2, 0.25) is 5.91 Å². The maximum atomic E-state index is 12.9. The number of rotatable bonds is 5. The number of likely N-dealkylation sites (N-methyl/N-ethyl adjacent to an activating group) is 1. The number of piperazine rings is 1. The highest BCUT2D eigenvalue weighted by molar-refractivity contribution is 7.19. The van der Waals surface area contributed by atoms with Crippen LogP contribution in [0, 0.1) is 0 Å². The van der Waals surface area contributed by atoms with Crippen LogP contribution in [0.25, 0.3) is 16.3 Å². The molecule has 0 atom stereocenters. The fourth-order valence-corrected chi connectivity index (χ4v) is 4.28. The van der Waals surface area contributed by atoms with E-state index in [9.17, 15) is 9.59 Å². The molecule has 0 bridgehead atoms. The van der Waals surface area contributed by atoms with Crippen molar-refractivity contribution in [1.29, 1.82) is 0 Å². The van der Waals surface area contributed by atoms with Crippen molar-refractivity contribution < 1.29 is 14.3 Å². The molecule has 0 radical (unpaired) electrons. The van der Waals surface area contributed by atoms with Crippen molar-refractivity contribution in [3.05, 3.63) is 59.1 Å². The number of nitrogens with one attached hydrogen (secondary N) is 1. The SMILES string of the molecule is COc1ccc(C(=O)N2CCN(C)CC2)cc1NC(=O)/C=C/c1nc2ccccc2s1. The van der Waals surface area contributed by atoms with Gasteiger partial charge in [-0.3, -0.25) is 9.59 Å². The molecule has 31 heavy (non-hydrogen) atoms. The summed E-state index contributed by atoms with van der Waals surface area (Å²) < 4.78 is 6.43. The van der Waals surface area contributed by atoms with E-state index in [0.717, 1.165) is 28.3 Å². The van der Waals surface area contributed by atoms with E-state index >= 15 is 0 Å². The molecule has 1 saturated heterocycles. The molecule has 0 spiro atoms. The topological polar surface area (TPSA) is 74.8 Å². The first kappa shape index (κ1) is 21.0. The summed E-state index contributed by atoms with van der Waals surface area (Å²) in [6, 6.07) is 12.9. The van der Waals surface area contributed by atoms with Crippen molar-refractivity contribution in [3.8, 4) is 5.75 Å². The smallest absolute Gasteiger partial charge is 0.254 e. The molecule has 2 aromatic carbocycles. The summed E-state index contributed by atoms with van der Waals surface area (Å²) in [7, 11) is 3.58. The number of fused-ring (bicyclic) bond motifs is 1. The average molecular weight is 437 g/mol. The number of amides is 2. The second-order valence-corrected chi connectivity index (χ2v) is 8.42. The monoisotopic (exact) mass is 436 g/mol. The van der Waals surface area contributed by atoms with E-state index < -0.39 is 0 Å². The van der Waals surface area contributed by atoms with Crippen LogP contribution in [0.5, 0.6) is 5.75 Å².